The van der Waals surface area contributed by atoms with Crippen LogP contribution in [-0.4, -0.2) is 30.3 Å². The highest BCUT2D eigenvalue weighted by molar-refractivity contribution is 7.19. The number of nitrogens with zero attached hydrogens (tertiary/aromatic N) is 2. The topological polar surface area (TPSA) is 51.4 Å². The molecule has 1 saturated heterocycles. The molecular formula is C9H15N3OS. The first-order valence-corrected chi connectivity index (χ1v) is 5.58. The minimum absolute atomic E-state index is 0.267. The van der Waals surface area contributed by atoms with Crippen LogP contribution < -0.4 is 10.6 Å². The van der Waals surface area contributed by atoms with Gasteiger partial charge in [0, 0.05) is 13.1 Å². The lowest BCUT2D eigenvalue weighted by Crippen LogP contribution is -2.45. The van der Waals surface area contributed by atoms with Gasteiger partial charge in [-0.25, -0.2) is 4.98 Å². The van der Waals surface area contributed by atoms with E-state index in [1.54, 1.807) is 6.20 Å². The summed E-state index contributed by atoms with van der Waals surface area (Å²) < 4.78 is 5.65. The number of nitrogens with two attached hydrogens (primary N) is 1. The van der Waals surface area contributed by atoms with Crippen LogP contribution in [0.15, 0.2) is 6.20 Å². The Bertz CT molecular complexity index is 305. The van der Waals surface area contributed by atoms with Gasteiger partial charge in [-0.2, -0.15) is 0 Å². The molecule has 0 unspecified atom stereocenters. The van der Waals surface area contributed by atoms with Gasteiger partial charge >= 0.3 is 0 Å². The van der Waals surface area contributed by atoms with Crippen molar-refractivity contribution in [2.45, 2.75) is 26.1 Å². The summed E-state index contributed by atoms with van der Waals surface area (Å²) in [7, 11) is 0. The van der Waals surface area contributed by atoms with E-state index in [1.807, 2.05) is 0 Å². The number of thiazole rings is 1. The molecule has 78 valence electrons. The number of hydrogen-bond acceptors (Lipinski definition) is 5. The first kappa shape index (κ1) is 9.73. The van der Waals surface area contributed by atoms with Crippen molar-refractivity contribution in [2.24, 2.45) is 0 Å². The number of hydrogen-bond donors (Lipinski definition) is 1. The number of morpholine rings is 1. The van der Waals surface area contributed by atoms with E-state index in [0.29, 0.717) is 0 Å². The van der Waals surface area contributed by atoms with Gasteiger partial charge in [0.2, 0.25) is 0 Å². The Labute approximate surface area is 87.7 Å². The average Bonchev–Trinajstić information content (AvgIpc) is 2.50. The van der Waals surface area contributed by atoms with Crippen molar-refractivity contribution in [3.05, 3.63) is 6.20 Å². The van der Waals surface area contributed by atoms with Crippen molar-refractivity contribution in [1.29, 1.82) is 0 Å². The molecule has 0 spiro atoms. The van der Waals surface area contributed by atoms with Crippen LogP contribution in [0.4, 0.5) is 10.1 Å². The van der Waals surface area contributed by atoms with Gasteiger partial charge in [0.1, 0.15) is 5.00 Å². The molecule has 0 bridgehead atoms. The smallest absolute Gasteiger partial charge is 0.187 e. The molecule has 14 heavy (non-hydrogen) atoms. The van der Waals surface area contributed by atoms with Crippen molar-refractivity contribution >= 4 is 21.5 Å². The zero-order chi connectivity index (χ0) is 10.1. The van der Waals surface area contributed by atoms with Crippen molar-refractivity contribution in [3.8, 4) is 0 Å². The van der Waals surface area contributed by atoms with Crippen LogP contribution in [0.1, 0.15) is 13.8 Å². The third kappa shape index (κ3) is 1.99. The normalized spacial score (nSPS) is 28.0. The number of rotatable bonds is 1. The summed E-state index contributed by atoms with van der Waals surface area (Å²) in [5.41, 5.74) is 5.65. The van der Waals surface area contributed by atoms with Crippen molar-refractivity contribution in [1.82, 2.24) is 4.98 Å². The number of anilines is 2. The maximum absolute atomic E-state index is 5.65. The molecular weight excluding hydrogens is 198 g/mol. The molecule has 1 aromatic rings. The van der Waals surface area contributed by atoms with Crippen molar-refractivity contribution in [2.75, 3.05) is 23.7 Å². The molecule has 2 rings (SSSR count). The van der Waals surface area contributed by atoms with Crippen LogP contribution in [0.25, 0.3) is 0 Å². The molecule has 2 heterocycles. The fourth-order valence-electron chi connectivity index (χ4n) is 1.76. The molecule has 1 aliphatic rings. The van der Waals surface area contributed by atoms with Gasteiger partial charge < -0.3 is 15.4 Å². The van der Waals surface area contributed by atoms with Crippen LogP contribution in [0, 0.1) is 0 Å². The van der Waals surface area contributed by atoms with E-state index in [1.165, 1.54) is 11.3 Å². The predicted octanol–water partition coefficient (Wildman–Crippen LogP) is 1.34. The summed E-state index contributed by atoms with van der Waals surface area (Å²) in [6, 6.07) is 0. The van der Waals surface area contributed by atoms with Gasteiger partial charge in [-0.3, -0.25) is 0 Å². The molecule has 0 amide bonds. The average molecular weight is 213 g/mol. The van der Waals surface area contributed by atoms with Gasteiger partial charge in [-0.1, -0.05) is 11.3 Å². The van der Waals surface area contributed by atoms with E-state index in [-0.39, 0.29) is 12.2 Å². The fraction of sp³-hybridized carbons (Fsp3) is 0.667. The van der Waals surface area contributed by atoms with Gasteiger partial charge in [-0.05, 0) is 13.8 Å². The first-order chi connectivity index (χ1) is 6.65. The quantitative estimate of drug-likeness (QED) is 0.765. The van der Waals surface area contributed by atoms with E-state index in [2.05, 4.69) is 23.7 Å². The van der Waals surface area contributed by atoms with E-state index >= 15 is 0 Å². The Morgan fingerprint density at radius 1 is 1.50 bits per heavy atom. The van der Waals surface area contributed by atoms with E-state index < -0.39 is 0 Å². The second kappa shape index (κ2) is 3.74. The maximum Gasteiger partial charge on any atom is 0.187 e. The highest BCUT2D eigenvalue weighted by atomic mass is 32.1. The van der Waals surface area contributed by atoms with Crippen LogP contribution in [0.3, 0.4) is 0 Å². The third-order valence-corrected chi connectivity index (χ3v) is 3.09. The monoisotopic (exact) mass is 213 g/mol. The first-order valence-electron chi connectivity index (χ1n) is 4.77. The highest BCUT2D eigenvalue weighted by Gasteiger charge is 2.23. The number of ether oxygens (including phenoxy) is 1. The molecule has 1 aliphatic heterocycles. The molecule has 1 fully saturated rings. The summed E-state index contributed by atoms with van der Waals surface area (Å²) in [5.74, 6) is 0. The molecule has 0 saturated carbocycles. The second-order valence-corrected chi connectivity index (χ2v) is 4.75. The van der Waals surface area contributed by atoms with Gasteiger partial charge in [0.05, 0.1) is 18.4 Å². The summed E-state index contributed by atoms with van der Waals surface area (Å²) in [5, 5.41) is 1.77. The summed E-state index contributed by atoms with van der Waals surface area (Å²) in [6.07, 6.45) is 2.25. The second-order valence-electron chi connectivity index (χ2n) is 3.71. The summed E-state index contributed by atoms with van der Waals surface area (Å²) in [4.78, 5) is 6.51. The minimum Gasteiger partial charge on any atom is -0.389 e. The Hall–Kier alpha value is -0.810. The molecule has 1 aromatic heterocycles. The fourth-order valence-corrected chi connectivity index (χ4v) is 2.46. The zero-order valence-electron chi connectivity index (χ0n) is 8.43. The van der Waals surface area contributed by atoms with E-state index in [9.17, 15) is 0 Å². The van der Waals surface area contributed by atoms with Crippen LogP contribution in [0.5, 0.6) is 0 Å². The lowest BCUT2D eigenvalue weighted by Gasteiger charge is -2.35. The zero-order valence-corrected chi connectivity index (χ0v) is 9.25. The molecule has 4 nitrogen and oxygen atoms in total. The lowest BCUT2D eigenvalue weighted by atomic mass is 10.2. The number of nitrogen functional groups attached to an aromatic ring is 1. The molecule has 2 N–H and O–H groups in total. The largest absolute Gasteiger partial charge is 0.389 e. The Morgan fingerprint density at radius 3 is 2.64 bits per heavy atom. The highest BCUT2D eigenvalue weighted by Crippen LogP contribution is 2.26. The Balaban J connectivity index is 2.10. The SMILES string of the molecule is C[C@@H]1CN(c2ncc(N)s2)C[C@H](C)O1. The van der Waals surface area contributed by atoms with Crippen LogP contribution in [-0.2, 0) is 4.74 Å². The van der Waals surface area contributed by atoms with Crippen LogP contribution >= 0.6 is 11.3 Å². The Morgan fingerprint density at radius 2 is 2.14 bits per heavy atom. The van der Waals surface area contributed by atoms with E-state index in [4.69, 9.17) is 10.5 Å². The molecule has 5 heteroatoms. The minimum atomic E-state index is 0.267. The van der Waals surface area contributed by atoms with Crippen molar-refractivity contribution in [3.63, 3.8) is 0 Å². The lowest BCUT2D eigenvalue weighted by molar-refractivity contribution is -0.00522. The standard InChI is InChI=1S/C9H15N3OS/c1-6-4-12(5-7(2)13-6)9-11-3-8(10)14-9/h3,6-7H,4-5,10H2,1-2H3/t6-,7+. The summed E-state index contributed by atoms with van der Waals surface area (Å²) in [6.45, 7) is 5.97. The molecule has 0 radical (unpaired) electrons. The van der Waals surface area contributed by atoms with Gasteiger partial charge in [0.25, 0.3) is 0 Å². The van der Waals surface area contributed by atoms with E-state index in [0.717, 1.165) is 23.2 Å². The summed E-state index contributed by atoms with van der Waals surface area (Å²) >= 11 is 1.54. The van der Waals surface area contributed by atoms with Crippen LogP contribution in [0.2, 0.25) is 0 Å². The molecule has 0 aromatic carbocycles. The molecule has 0 aliphatic carbocycles. The third-order valence-electron chi connectivity index (χ3n) is 2.20. The predicted molar refractivity (Wildman–Crippen MR) is 58.7 cm³/mol. The van der Waals surface area contributed by atoms with Gasteiger partial charge in [-0.15, -0.1) is 0 Å². The van der Waals surface area contributed by atoms with Crippen molar-refractivity contribution < 1.29 is 4.74 Å². The molecule has 2 atom stereocenters. The number of aromatic nitrogens is 1. The maximum atomic E-state index is 5.65. The van der Waals surface area contributed by atoms with Gasteiger partial charge in [0.15, 0.2) is 5.13 Å². The Kier molecular flexibility index (Phi) is 2.60.